The van der Waals surface area contributed by atoms with Crippen molar-refractivity contribution in [1.82, 2.24) is 14.9 Å². The fourth-order valence-corrected chi connectivity index (χ4v) is 5.23. The van der Waals surface area contributed by atoms with Crippen LogP contribution in [0.25, 0.3) is 10.2 Å². The van der Waals surface area contributed by atoms with Gasteiger partial charge in [0.25, 0.3) is 5.56 Å². The van der Waals surface area contributed by atoms with E-state index in [0.29, 0.717) is 6.54 Å². The van der Waals surface area contributed by atoms with Crippen LogP contribution in [0.15, 0.2) is 21.6 Å². The number of H-pyrrole nitrogens is 1. The maximum Gasteiger partial charge on any atom is 0.259 e. The van der Waals surface area contributed by atoms with Gasteiger partial charge in [0.15, 0.2) is 0 Å². The monoisotopic (exact) mass is 345 g/mol. The fourth-order valence-electron chi connectivity index (χ4n) is 3.29. The Morgan fingerprint density at radius 2 is 2.17 bits per heavy atom. The molecule has 0 atom stereocenters. The van der Waals surface area contributed by atoms with E-state index in [9.17, 15) is 4.79 Å². The van der Waals surface area contributed by atoms with E-state index < -0.39 is 0 Å². The van der Waals surface area contributed by atoms with E-state index in [1.165, 1.54) is 28.8 Å². The van der Waals surface area contributed by atoms with E-state index in [1.54, 1.807) is 22.7 Å². The van der Waals surface area contributed by atoms with E-state index in [1.807, 2.05) is 0 Å². The Kier molecular flexibility index (Phi) is 4.05. The summed E-state index contributed by atoms with van der Waals surface area (Å²) in [4.78, 5) is 24.7. The molecule has 0 saturated heterocycles. The van der Waals surface area contributed by atoms with Gasteiger partial charge in [-0.2, -0.15) is 11.3 Å². The summed E-state index contributed by atoms with van der Waals surface area (Å²) < 4.78 is 0. The highest BCUT2D eigenvalue weighted by Gasteiger charge is 2.19. The van der Waals surface area contributed by atoms with E-state index >= 15 is 0 Å². The van der Waals surface area contributed by atoms with Crippen molar-refractivity contribution in [3.8, 4) is 0 Å². The quantitative estimate of drug-likeness (QED) is 0.786. The van der Waals surface area contributed by atoms with Crippen molar-refractivity contribution in [2.24, 2.45) is 0 Å². The summed E-state index contributed by atoms with van der Waals surface area (Å²) >= 11 is 3.42. The van der Waals surface area contributed by atoms with Gasteiger partial charge in [0.1, 0.15) is 10.7 Å². The number of nitrogens with one attached hydrogen (secondary N) is 1. The van der Waals surface area contributed by atoms with Gasteiger partial charge in [0.05, 0.1) is 11.9 Å². The normalized spacial score (nSPS) is 14.5. The summed E-state index contributed by atoms with van der Waals surface area (Å²) in [7, 11) is 2.06. The van der Waals surface area contributed by atoms with Gasteiger partial charge in [-0.3, -0.25) is 9.69 Å². The van der Waals surface area contributed by atoms with Crippen LogP contribution < -0.4 is 5.56 Å². The standard InChI is InChI=1S/C17H19N3OS2/c1-20(8-11-6-7-22-10-11)9-14-18-16(21)15-12-4-2-3-5-13(12)23-17(15)19-14/h6-7,10H,2-5,8-9H2,1H3,(H,18,19,21). The maximum absolute atomic E-state index is 12.5. The molecule has 1 aliphatic rings. The number of fused-ring (bicyclic) bond motifs is 3. The number of rotatable bonds is 4. The van der Waals surface area contributed by atoms with E-state index in [2.05, 4.69) is 33.8 Å². The van der Waals surface area contributed by atoms with Crippen molar-refractivity contribution in [3.63, 3.8) is 0 Å². The van der Waals surface area contributed by atoms with Gasteiger partial charge in [0, 0.05) is 11.4 Å². The highest BCUT2D eigenvalue weighted by Crippen LogP contribution is 2.33. The summed E-state index contributed by atoms with van der Waals surface area (Å²) in [6, 6.07) is 2.13. The number of thiophene rings is 2. The second-order valence-electron chi connectivity index (χ2n) is 6.21. The van der Waals surface area contributed by atoms with Gasteiger partial charge in [0.2, 0.25) is 0 Å². The smallest absolute Gasteiger partial charge is 0.259 e. The summed E-state index contributed by atoms with van der Waals surface area (Å²) in [6.07, 6.45) is 4.54. The first-order chi connectivity index (χ1) is 11.2. The van der Waals surface area contributed by atoms with Crippen molar-refractivity contribution < 1.29 is 0 Å². The molecule has 0 fully saturated rings. The maximum atomic E-state index is 12.5. The van der Waals surface area contributed by atoms with E-state index in [0.717, 1.165) is 35.4 Å². The molecule has 3 aromatic heterocycles. The minimum Gasteiger partial charge on any atom is -0.309 e. The van der Waals surface area contributed by atoms with Crippen molar-refractivity contribution in [2.75, 3.05) is 7.05 Å². The number of hydrogen-bond donors (Lipinski definition) is 1. The molecule has 3 heterocycles. The number of nitrogens with zero attached hydrogens (tertiary/aromatic N) is 2. The van der Waals surface area contributed by atoms with Crippen LogP contribution in [0.1, 0.15) is 34.7 Å². The highest BCUT2D eigenvalue weighted by molar-refractivity contribution is 7.18. The summed E-state index contributed by atoms with van der Waals surface area (Å²) in [5.41, 5.74) is 2.59. The lowest BCUT2D eigenvalue weighted by atomic mass is 9.97. The van der Waals surface area contributed by atoms with Crippen LogP contribution in [0.3, 0.4) is 0 Å². The minimum atomic E-state index is 0.0355. The molecule has 120 valence electrons. The minimum absolute atomic E-state index is 0.0355. The predicted octanol–water partition coefficient (Wildman–Crippen LogP) is 3.56. The SMILES string of the molecule is CN(Cc1ccsc1)Cc1nc2sc3c(c2c(=O)[nH]1)CCCC3. The topological polar surface area (TPSA) is 49.0 Å². The van der Waals surface area contributed by atoms with Crippen LogP contribution in [-0.4, -0.2) is 21.9 Å². The van der Waals surface area contributed by atoms with Crippen LogP contribution in [0.4, 0.5) is 0 Å². The van der Waals surface area contributed by atoms with Gasteiger partial charge in [-0.05, 0) is 60.7 Å². The Labute approximate surface area is 142 Å². The third-order valence-electron chi connectivity index (χ3n) is 4.33. The molecule has 4 nitrogen and oxygen atoms in total. The zero-order chi connectivity index (χ0) is 15.8. The first-order valence-corrected chi connectivity index (χ1v) is 9.69. The Hall–Kier alpha value is -1.50. The third kappa shape index (κ3) is 2.98. The molecular formula is C17H19N3OS2. The molecule has 6 heteroatoms. The first-order valence-electron chi connectivity index (χ1n) is 7.94. The van der Waals surface area contributed by atoms with E-state index in [4.69, 9.17) is 4.98 Å². The second-order valence-corrected chi connectivity index (χ2v) is 8.07. The fraction of sp³-hybridized carbons (Fsp3) is 0.412. The molecular weight excluding hydrogens is 326 g/mol. The van der Waals surface area contributed by atoms with Crippen LogP contribution in [0.5, 0.6) is 0 Å². The van der Waals surface area contributed by atoms with Crippen LogP contribution >= 0.6 is 22.7 Å². The average molecular weight is 345 g/mol. The van der Waals surface area contributed by atoms with E-state index in [-0.39, 0.29) is 5.56 Å². The molecule has 0 amide bonds. The molecule has 0 bridgehead atoms. The molecule has 0 radical (unpaired) electrons. The largest absolute Gasteiger partial charge is 0.309 e. The molecule has 3 aromatic rings. The lowest BCUT2D eigenvalue weighted by Crippen LogP contribution is -2.21. The van der Waals surface area contributed by atoms with Crippen molar-refractivity contribution in [3.05, 3.63) is 49.0 Å². The van der Waals surface area contributed by atoms with Crippen molar-refractivity contribution in [1.29, 1.82) is 0 Å². The molecule has 0 aromatic carbocycles. The summed E-state index contributed by atoms with van der Waals surface area (Å²) in [5, 5.41) is 5.09. The number of hydrogen-bond acceptors (Lipinski definition) is 5. The summed E-state index contributed by atoms with van der Waals surface area (Å²) in [5.74, 6) is 0.763. The Balaban J connectivity index is 1.62. The lowest BCUT2D eigenvalue weighted by molar-refractivity contribution is 0.311. The second kappa shape index (κ2) is 6.19. The van der Waals surface area contributed by atoms with Crippen LogP contribution in [-0.2, 0) is 25.9 Å². The molecule has 0 saturated carbocycles. The van der Waals surface area contributed by atoms with Crippen molar-refractivity contribution in [2.45, 2.75) is 38.8 Å². The number of aromatic nitrogens is 2. The third-order valence-corrected chi connectivity index (χ3v) is 6.24. The Morgan fingerprint density at radius 1 is 1.30 bits per heavy atom. The molecule has 0 unspecified atom stereocenters. The van der Waals surface area contributed by atoms with Gasteiger partial charge in [-0.25, -0.2) is 4.98 Å². The molecule has 4 rings (SSSR count). The molecule has 0 aliphatic heterocycles. The highest BCUT2D eigenvalue weighted by atomic mass is 32.1. The lowest BCUT2D eigenvalue weighted by Gasteiger charge is -2.15. The summed E-state index contributed by atoms with van der Waals surface area (Å²) in [6.45, 7) is 1.52. The first kappa shape index (κ1) is 15.1. The zero-order valence-electron chi connectivity index (χ0n) is 13.1. The molecule has 1 N–H and O–H groups in total. The Morgan fingerprint density at radius 3 is 3.00 bits per heavy atom. The molecule has 1 aliphatic carbocycles. The molecule has 0 spiro atoms. The van der Waals surface area contributed by atoms with Gasteiger partial charge in [-0.1, -0.05) is 0 Å². The van der Waals surface area contributed by atoms with Crippen LogP contribution in [0, 0.1) is 0 Å². The average Bonchev–Trinajstić information content (AvgIpc) is 3.13. The molecule has 23 heavy (non-hydrogen) atoms. The predicted molar refractivity (Wildman–Crippen MR) is 96.4 cm³/mol. The van der Waals surface area contributed by atoms with Crippen LogP contribution in [0.2, 0.25) is 0 Å². The number of aromatic amines is 1. The number of aryl methyl sites for hydroxylation is 2. The zero-order valence-corrected chi connectivity index (χ0v) is 14.7. The van der Waals surface area contributed by atoms with Gasteiger partial charge >= 0.3 is 0 Å². The Bertz CT molecular complexity index is 879. The van der Waals surface area contributed by atoms with Gasteiger partial charge in [-0.15, -0.1) is 11.3 Å². The van der Waals surface area contributed by atoms with Gasteiger partial charge < -0.3 is 4.98 Å². The van der Waals surface area contributed by atoms with Crippen molar-refractivity contribution >= 4 is 32.9 Å².